The number of hydrogen-bond acceptors (Lipinski definition) is 2. The molecule has 0 unspecified atom stereocenters. The van der Waals surface area contributed by atoms with Crippen molar-refractivity contribution in [1.29, 1.82) is 0 Å². The lowest BCUT2D eigenvalue weighted by atomic mass is 9.91. The van der Waals surface area contributed by atoms with Gasteiger partial charge >= 0.3 is 0 Å². The lowest BCUT2D eigenvalue weighted by molar-refractivity contribution is 1.19. The molecule has 0 saturated heterocycles. The van der Waals surface area contributed by atoms with E-state index in [1.165, 1.54) is 33.0 Å². The van der Waals surface area contributed by atoms with Gasteiger partial charge in [-0.1, -0.05) is 30.3 Å². The molecule has 0 aliphatic rings. The van der Waals surface area contributed by atoms with E-state index in [9.17, 15) is 4.79 Å². The highest BCUT2D eigenvalue weighted by Gasteiger charge is 2.18. The van der Waals surface area contributed by atoms with Crippen molar-refractivity contribution in [3.8, 4) is 0 Å². The Balaban J connectivity index is 1.94. The first-order valence-electron chi connectivity index (χ1n) is 9.96. The van der Waals surface area contributed by atoms with E-state index in [4.69, 9.17) is 4.98 Å². The Labute approximate surface area is 167 Å². The summed E-state index contributed by atoms with van der Waals surface area (Å²) in [5, 5.41) is 6.28. The second kappa shape index (κ2) is 5.32. The quantitative estimate of drug-likeness (QED) is 0.327. The standard InChI is InChI=1S/C26H20N2O/c1-13-14(2)16(4)21-12-23-22(11-20(21)15(13)3)27-25-18-9-5-7-17-8-6-10-19(24(17)18)26(29)28(23)25/h5-12H,1-4H3. The molecule has 0 amide bonds. The number of nitrogens with zero attached hydrogens (tertiary/aromatic N) is 2. The number of rotatable bonds is 0. The van der Waals surface area contributed by atoms with Crippen LogP contribution in [0.3, 0.4) is 0 Å². The van der Waals surface area contributed by atoms with Gasteiger partial charge in [0.2, 0.25) is 0 Å². The summed E-state index contributed by atoms with van der Waals surface area (Å²) in [6.45, 7) is 8.70. The molecular formula is C26H20N2O. The first-order chi connectivity index (χ1) is 14.0. The molecule has 29 heavy (non-hydrogen) atoms. The third-order valence-electron chi connectivity index (χ3n) is 6.87. The lowest BCUT2D eigenvalue weighted by Crippen LogP contribution is -2.13. The van der Waals surface area contributed by atoms with Gasteiger partial charge in [-0.2, -0.15) is 0 Å². The average Bonchev–Trinajstić information content (AvgIpc) is 3.12. The molecule has 0 spiro atoms. The van der Waals surface area contributed by atoms with Crippen LogP contribution in [0.15, 0.2) is 53.3 Å². The molecule has 0 fully saturated rings. The van der Waals surface area contributed by atoms with Gasteiger partial charge in [-0.15, -0.1) is 0 Å². The summed E-state index contributed by atoms with van der Waals surface area (Å²) in [6.07, 6.45) is 0. The molecule has 6 aromatic rings. The maximum atomic E-state index is 13.5. The Hall–Kier alpha value is -3.46. The number of fused-ring (bicyclic) bond motifs is 5. The van der Waals surface area contributed by atoms with Gasteiger partial charge in [0.15, 0.2) is 0 Å². The van der Waals surface area contributed by atoms with Gasteiger partial charge in [-0.3, -0.25) is 9.20 Å². The predicted molar refractivity (Wildman–Crippen MR) is 122 cm³/mol. The monoisotopic (exact) mass is 376 g/mol. The van der Waals surface area contributed by atoms with E-state index in [1.54, 1.807) is 4.40 Å². The molecule has 0 N–H and O–H groups in total. The van der Waals surface area contributed by atoms with Crippen molar-refractivity contribution in [3.05, 3.63) is 81.1 Å². The van der Waals surface area contributed by atoms with E-state index in [0.29, 0.717) is 0 Å². The molecule has 6 rings (SSSR count). The van der Waals surface area contributed by atoms with Crippen molar-refractivity contribution in [2.75, 3.05) is 0 Å². The fourth-order valence-electron chi connectivity index (χ4n) is 4.92. The second-order valence-corrected chi connectivity index (χ2v) is 8.17. The summed E-state index contributed by atoms with van der Waals surface area (Å²) >= 11 is 0. The third-order valence-corrected chi connectivity index (χ3v) is 6.87. The minimum atomic E-state index is 0.00404. The van der Waals surface area contributed by atoms with E-state index in [-0.39, 0.29) is 5.56 Å². The maximum Gasteiger partial charge on any atom is 0.264 e. The molecular weight excluding hydrogens is 356 g/mol. The summed E-state index contributed by atoms with van der Waals surface area (Å²) in [6, 6.07) is 16.4. The average molecular weight is 376 g/mol. The van der Waals surface area contributed by atoms with Gasteiger partial charge in [0.25, 0.3) is 5.56 Å². The highest BCUT2D eigenvalue weighted by molar-refractivity contribution is 6.15. The van der Waals surface area contributed by atoms with E-state index in [1.807, 2.05) is 18.2 Å². The Morgan fingerprint density at radius 1 is 0.724 bits per heavy atom. The minimum absolute atomic E-state index is 0.00404. The van der Waals surface area contributed by atoms with Crippen LogP contribution in [0.2, 0.25) is 0 Å². The highest BCUT2D eigenvalue weighted by atomic mass is 16.1. The van der Waals surface area contributed by atoms with Crippen LogP contribution in [-0.2, 0) is 0 Å². The zero-order valence-corrected chi connectivity index (χ0v) is 16.9. The summed E-state index contributed by atoms with van der Waals surface area (Å²) in [5.74, 6) is 0. The Kier molecular flexibility index (Phi) is 3.03. The normalized spacial score (nSPS) is 12.3. The summed E-state index contributed by atoms with van der Waals surface area (Å²) in [4.78, 5) is 18.4. The topological polar surface area (TPSA) is 34.4 Å². The first-order valence-corrected chi connectivity index (χ1v) is 9.96. The second-order valence-electron chi connectivity index (χ2n) is 8.17. The van der Waals surface area contributed by atoms with Crippen molar-refractivity contribution < 1.29 is 0 Å². The van der Waals surface area contributed by atoms with Gasteiger partial charge in [-0.05, 0) is 84.3 Å². The van der Waals surface area contributed by atoms with Gasteiger partial charge in [0.05, 0.1) is 11.0 Å². The van der Waals surface area contributed by atoms with Gasteiger partial charge in [0, 0.05) is 16.2 Å². The van der Waals surface area contributed by atoms with Crippen molar-refractivity contribution in [3.63, 3.8) is 0 Å². The molecule has 3 nitrogen and oxygen atoms in total. The van der Waals surface area contributed by atoms with Gasteiger partial charge < -0.3 is 0 Å². The van der Waals surface area contributed by atoms with Crippen LogP contribution in [0.5, 0.6) is 0 Å². The lowest BCUT2D eigenvalue weighted by Gasteiger charge is -2.14. The van der Waals surface area contributed by atoms with E-state index in [2.05, 4.69) is 58.0 Å². The number of imidazole rings is 1. The van der Waals surface area contributed by atoms with E-state index in [0.717, 1.165) is 38.2 Å². The largest absolute Gasteiger partial charge is 0.268 e. The molecule has 4 aromatic carbocycles. The van der Waals surface area contributed by atoms with Crippen molar-refractivity contribution >= 4 is 49.0 Å². The fraction of sp³-hybridized carbons (Fsp3) is 0.154. The number of hydrogen-bond donors (Lipinski definition) is 0. The minimum Gasteiger partial charge on any atom is -0.268 e. The van der Waals surface area contributed by atoms with E-state index < -0.39 is 0 Å². The summed E-state index contributed by atoms with van der Waals surface area (Å²) < 4.78 is 1.80. The van der Waals surface area contributed by atoms with E-state index >= 15 is 0 Å². The third kappa shape index (κ3) is 1.92. The van der Waals surface area contributed by atoms with Crippen molar-refractivity contribution in [1.82, 2.24) is 9.38 Å². The van der Waals surface area contributed by atoms with Crippen LogP contribution in [0.1, 0.15) is 22.3 Å². The predicted octanol–water partition coefficient (Wildman–Crippen LogP) is 5.98. The number of aromatic nitrogens is 2. The molecule has 0 aliphatic carbocycles. The highest BCUT2D eigenvalue weighted by Crippen LogP contribution is 2.34. The van der Waals surface area contributed by atoms with Crippen LogP contribution < -0.4 is 5.56 Å². The summed E-state index contributed by atoms with van der Waals surface area (Å²) in [7, 11) is 0. The molecule has 0 atom stereocenters. The zero-order chi connectivity index (χ0) is 20.0. The van der Waals surface area contributed by atoms with Crippen LogP contribution in [0.25, 0.3) is 49.0 Å². The SMILES string of the molecule is Cc1c(C)c(C)c2cc3c(cc2c1C)nc1c2cccc4cccc(c(=O)n31)c42. The Morgan fingerprint density at radius 3 is 2.03 bits per heavy atom. The molecule has 140 valence electrons. The van der Waals surface area contributed by atoms with Gasteiger partial charge in [-0.25, -0.2) is 4.98 Å². The molecule has 0 bridgehead atoms. The van der Waals surface area contributed by atoms with Crippen LogP contribution in [-0.4, -0.2) is 9.38 Å². The van der Waals surface area contributed by atoms with Crippen LogP contribution in [0.4, 0.5) is 0 Å². The molecule has 2 aromatic heterocycles. The number of pyridine rings is 1. The molecule has 0 aliphatic heterocycles. The first kappa shape index (κ1) is 16.5. The Bertz CT molecular complexity index is 1700. The number of aryl methyl sites for hydroxylation is 2. The smallest absolute Gasteiger partial charge is 0.264 e. The zero-order valence-electron chi connectivity index (χ0n) is 16.9. The van der Waals surface area contributed by atoms with Crippen molar-refractivity contribution in [2.24, 2.45) is 0 Å². The molecule has 0 saturated carbocycles. The fourth-order valence-corrected chi connectivity index (χ4v) is 4.92. The molecule has 2 heterocycles. The van der Waals surface area contributed by atoms with Crippen molar-refractivity contribution in [2.45, 2.75) is 27.7 Å². The van der Waals surface area contributed by atoms with Gasteiger partial charge in [0.1, 0.15) is 5.65 Å². The van der Waals surface area contributed by atoms with Crippen LogP contribution >= 0.6 is 0 Å². The summed E-state index contributed by atoms with van der Waals surface area (Å²) in [5.41, 5.74) is 7.70. The molecule has 3 heteroatoms. The van der Waals surface area contributed by atoms with Crippen LogP contribution in [0, 0.1) is 27.7 Å². The number of benzene rings is 4. The Morgan fingerprint density at radius 2 is 1.34 bits per heavy atom. The molecule has 0 radical (unpaired) electrons. The maximum absolute atomic E-state index is 13.5.